The summed E-state index contributed by atoms with van der Waals surface area (Å²) in [5.74, 6) is -0.115. The molecule has 0 saturated heterocycles. The fourth-order valence-corrected chi connectivity index (χ4v) is 5.91. The molecule has 0 heterocycles. The van der Waals surface area contributed by atoms with Crippen LogP contribution in [-0.2, 0) is 26.2 Å². The van der Waals surface area contributed by atoms with Crippen LogP contribution in [0.4, 0.5) is 5.69 Å². The third-order valence-corrected chi connectivity index (χ3v) is 8.68. The normalized spacial score (nSPS) is 12.0. The maximum Gasteiger partial charge on any atom is 0.264 e. The molecule has 9 heteroatoms. The maximum absolute atomic E-state index is 14.0. The zero-order valence-electron chi connectivity index (χ0n) is 24.8. The summed E-state index contributed by atoms with van der Waals surface area (Å²) in [6.07, 6.45) is 1.74. The highest BCUT2D eigenvalue weighted by Crippen LogP contribution is 2.27. The first-order valence-corrected chi connectivity index (χ1v) is 15.3. The number of hydrogen-bond acceptors (Lipinski definition) is 5. The van der Waals surface area contributed by atoms with Crippen LogP contribution in [0.2, 0.25) is 0 Å². The number of ether oxygens (including phenoxy) is 1. The molecule has 0 unspecified atom stereocenters. The highest BCUT2D eigenvalue weighted by atomic mass is 32.2. The number of benzene rings is 3. The molecule has 220 valence electrons. The third kappa shape index (κ3) is 8.33. The van der Waals surface area contributed by atoms with Crippen molar-refractivity contribution < 1.29 is 22.7 Å². The van der Waals surface area contributed by atoms with Gasteiger partial charge in [-0.3, -0.25) is 13.9 Å². The van der Waals surface area contributed by atoms with Crippen LogP contribution in [0.15, 0.2) is 71.6 Å². The van der Waals surface area contributed by atoms with Gasteiger partial charge in [-0.15, -0.1) is 0 Å². The molecule has 3 aromatic carbocycles. The molecule has 0 spiro atoms. The molecule has 0 aliphatic rings. The minimum atomic E-state index is -4.11. The molecule has 1 atom stereocenters. The van der Waals surface area contributed by atoms with Crippen molar-refractivity contribution in [2.45, 2.75) is 64.9 Å². The van der Waals surface area contributed by atoms with Crippen LogP contribution in [0.25, 0.3) is 0 Å². The van der Waals surface area contributed by atoms with Crippen molar-refractivity contribution >= 4 is 27.5 Å². The van der Waals surface area contributed by atoms with Crippen molar-refractivity contribution in [1.82, 2.24) is 10.2 Å². The fraction of sp³-hybridized carbons (Fsp3) is 0.375. The Kier molecular flexibility index (Phi) is 10.9. The number of anilines is 1. The van der Waals surface area contributed by atoms with Crippen LogP contribution in [0.1, 0.15) is 48.9 Å². The lowest BCUT2D eigenvalue weighted by Crippen LogP contribution is -2.51. The minimum absolute atomic E-state index is 0.0853. The van der Waals surface area contributed by atoms with Crippen LogP contribution in [-0.4, -0.2) is 51.4 Å². The Morgan fingerprint density at radius 3 is 2.07 bits per heavy atom. The summed E-state index contributed by atoms with van der Waals surface area (Å²) < 4.78 is 34.4. The van der Waals surface area contributed by atoms with E-state index < -0.39 is 28.5 Å². The SMILES string of the molecule is CCCCNC(=O)[C@@H](C)N(Cc1ccc(OC)cc1)C(=O)CN(c1cc(C)cc(C)c1)S(=O)(=O)c1ccc(C)cc1. The van der Waals surface area contributed by atoms with Gasteiger partial charge in [0.2, 0.25) is 11.8 Å². The summed E-state index contributed by atoms with van der Waals surface area (Å²) >= 11 is 0. The number of hydrogen-bond donors (Lipinski definition) is 1. The van der Waals surface area contributed by atoms with Crippen molar-refractivity contribution in [3.63, 3.8) is 0 Å². The van der Waals surface area contributed by atoms with Crippen molar-refractivity contribution in [2.75, 3.05) is 24.5 Å². The first kappa shape index (κ1) is 31.7. The van der Waals surface area contributed by atoms with E-state index >= 15 is 0 Å². The number of amides is 2. The lowest BCUT2D eigenvalue weighted by Gasteiger charge is -2.32. The lowest BCUT2D eigenvalue weighted by atomic mass is 10.1. The Morgan fingerprint density at radius 2 is 1.51 bits per heavy atom. The van der Waals surface area contributed by atoms with Crippen molar-refractivity contribution in [3.05, 3.63) is 89.0 Å². The van der Waals surface area contributed by atoms with Gasteiger partial charge in [-0.05, 0) is 87.2 Å². The number of sulfonamides is 1. The van der Waals surface area contributed by atoms with Crippen LogP contribution >= 0.6 is 0 Å². The number of unbranched alkanes of at least 4 members (excludes halogenated alkanes) is 1. The second-order valence-corrected chi connectivity index (χ2v) is 12.2. The van der Waals surface area contributed by atoms with Gasteiger partial charge >= 0.3 is 0 Å². The molecule has 8 nitrogen and oxygen atoms in total. The smallest absolute Gasteiger partial charge is 0.264 e. The Morgan fingerprint density at radius 1 is 0.902 bits per heavy atom. The minimum Gasteiger partial charge on any atom is -0.497 e. The van der Waals surface area contributed by atoms with Gasteiger partial charge in [-0.1, -0.05) is 49.2 Å². The van der Waals surface area contributed by atoms with E-state index in [2.05, 4.69) is 5.32 Å². The number of aryl methyl sites for hydroxylation is 3. The van der Waals surface area contributed by atoms with Gasteiger partial charge in [0.05, 0.1) is 17.7 Å². The van der Waals surface area contributed by atoms with Crippen LogP contribution in [0.5, 0.6) is 5.75 Å². The van der Waals surface area contributed by atoms with Gasteiger partial charge in [0.25, 0.3) is 10.0 Å². The van der Waals surface area contributed by atoms with E-state index in [0.29, 0.717) is 18.0 Å². The summed E-state index contributed by atoms with van der Waals surface area (Å²) in [6.45, 7) is 9.50. The highest BCUT2D eigenvalue weighted by Gasteiger charge is 2.32. The van der Waals surface area contributed by atoms with Gasteiger partial charge in [0.1, 0.15) is 18.3 Å². The van der Waals surface area contributed by atoms with Gasteiger partial charge in [0.15, 0.2) is 0 Å². The topological polar surface area (TPSA) is 96.0 Å². The zero-order chi connectivity index (χ0) is 30.2. The largest absolute Gasteiger partial charge is 0.497 e. The third-order valence-electron chi connectivity index (χ3n) is 6.89. The summed E-state index contributed by atoms with van der Waals surface area (Å²) in [5, 5.41) is 2.90. The zero-order valence-corrected chi connectivity index (χ0v) is 25.6. The molecule has 0 bridgehead atoms. The first-order chi connectivity index (χ1) is 19.5. The molecular formula is C32H41N3O5S. The number of carbonyl (C=O) groups excluding carboxylic acids is 2. The summed E-state index contributed by atoms with van der Waals surface area (Å²) in [7, 11) is -2.54. The van der Waals surface area contributed by atoms with E-state index in [0.717, 1.165) is 39.4 Å². The van der Waals surface area contributed by atoms with Crippen LogP contribution in [0.3, 0.4) is 0 Å². The summed E-state index contributed by atoms with van der Waals surface area (Å²) in [4.78, 5) is 28.7. The monoisotopic (exact) mass is 579 g/mol. The predicted octanol–water partition coefficient (Wildman–Crippen LogP) is 5.15. The average Bonchev–Trinajstić information content (AvgIpc) is 2.94. The summed E-state index contributed by atoms with van der Waals surface area (Å²) in [6, 6.07) is 18.4. The lowest BCUT2D eigenvalue weighted by molar-refractivity contribution is -0.139. The van der Waals surface area contributed by atoms with Crippen LogP contribution < -0.4 is 14.4 Å². The standard InChI is InChI=1S/C32H41N3O5S/c1-7-8-17-33-32(37)26(5)34(21-27-11-13-29(40-6)14-12-27)31(36)22-35(28-19-24(3)18-25(4)20-28)41(38,39)30-15-9-23(2)10-16-30/h9-16,18-20,26H,7-8,17,21-22H2,1-6H3,(H,33,37)/t26-/m1/s1. The van der Waals surface area contributed by atoms with Crippen molar-refractivity contribution in [2.24, 2.45) is 0 Å². The molecular weight excluding hydrogens is 538 g/mol. The van der Waals surface area contributed by atoms with E-state index in [9.17, 15) is 18.0 Å². The Labute approximate surface area is 244 Å². The van der Waals surface area contributed by atoms with Gasteiger partial charge < -0.3 is 15.0 Å². The fourth-order valence-electron chi connectivity index (χ4n) is 4.51. The number of carbonyl (C=O) groups is 2. The quantitative estimate of drug-likeness (QED) is 0.283. The molecule has 1 N–H and O–H groups in total. The van der Waals surface area contributed by atoms with Crippen molar-refractivity contribution in [3.8, 4) is 5.75 Å². The number of nitrogens with zero attached hydrogens (tertiary/aromatic N) is 2. The molecule has 3 rings (SSSR count). The summed E-state index contributed by atoms with van der Waals surface area (Å²) in [5.41, 5.74) is 3.84. The Bertz CT molecular complexity index is 1420. The first-order valence-electron chi connectivity index (χ1n) is 13.8. The van der Waals surface area contributed by atoms with E-state index in [1.807, 2.05) is 45.9 Å². The van der Waals surface area contributed by atoms with Gasteiger partial charge in [-0.25, -0.2) is 8.42 Å². The second kappa shape index (κ2) is 14.2. The predicted molar refractivity (Wildman–Crippen MR) is 163 cm³/mol. The number of nitrogens with one attached hydrogen (secondary N) is 1. The molecule has 2 amide bonds. The molecule has 0 radical (unpaired) electrons. The van der Waals surface area contributed by atoms with E-state index in [4.69, 9.17) is 4.74 Å². The number of rotatable bonds is 13. The molecule has 0 fully saturated rings. The molecule has 0 aliphatic carbocycles. The van der Waals surface area contributed by atoms with E-state index in [-0.39, 0.29) is 17.3 Å². The maximum atomic E-state index is 14.0. The van der Waals surface area contributed by atoms with Gasteiger partial charge in [-0.2, -0.15) is 0 Å². The average molecular weight is 580 g/mol. The molecule has 0 aliphatic heterocycles. The number of methoxy groups -OCH3 is 1. The van der Waals surface area contributed by atoms with Crippen molar-refractivity contribution in [1.29, 1.82) is 0 Å². The Hall–Kier alpha value is -3.85. The van der Waals surface area contributed by atoms with E-state index in [1.54, 1.807) is 62.6 Å². The van der Waals surface area contributed by atoms with E-state index in [1.165, 1.54) is 4.90 Å². The molecule has 41 heavy (non-hydrogen) atoms. The molecule has 0 aromatic heterocycles. The molecule has 3 aromatic rings. The highest BCUT2D eigenvalue weighted by molar-refractivity contribution is 7.92. The van der Waals surface area contributed by atoms with Crippen LogP contribution in [0, 0.1) is 20.8 Å². The molecule has 0 saturated carbocycles. The second-order valence-electron chi connectivity index (χ2n) is 10.4. The van der Waals surface area contributed by atoms with Gasteiger partial charge in [0, 0.05) is 13.1 Å². The Balaban J connectivity index is 2.03.